The maximum Gasteiger partial charge on any atom is 0.191 e. The SMILES string of the molecule is CCn1c(SCc2cccc(Br)c2)nnc1C(C)Oc1ccc(C(C)C)cc1. The molecular weight excluding hydrogens is 434 g/mol. The van der Waals surface area contributed by atoms with Crippen LogP contribution in [0, 0.1) is 0 Å². The van der Waals surface area contributed by atoms with E-state index in [1.807, 2.05) is 25.1 Å². The van der Waals surface area contributed by atoms with Gasteiger partial charge in [0.25, 0.3) is 0 Å². The molecule has 28 heavy (non-hydrogen) atoms. The first-order chi connectivity index (χ1) is 13.5. The van der Waals surface area contributed by atoms with E-state index in [0.717, 1.165) is 33.5 Å². The van der Waals surface area contributed by atoms with Gasteiger partial charge in [-0.3, -0.25) is 0 Å². The van der Waals surface area contributed by atoms with Gasteiger partial charge in [-0.15, -0.1) is 10.2 Å². The molecule has 6 heteroatoms. The van der Waals surface area contributed by atoms with Crippen molar-refractivity contribution in [1.29, 1.82) is 0 Å². The van der Waals surface area contributed by atoms with E-state index < -0.39 is 0 Å². The normalized spacial score (nSPS) is 12.4. The minimum Gasteiger partial charge on any atom is -0.483 e. The number of thioether (sulfide) groups is 1. The van der Waals surface area contributed by atoms with E-state index in [0.29, 0.717) is 5.92 Å². The summed E-state index contributed by atoms with van der Waals surface area (Å²) in [7, 11) is 0. The molecule has 0 bridgehead atoms. The van der Waals surface area contributed by atoms with Crippen molar-refractivity contribution in [1.82, 2.24) is 14.8 Å². The van der Waals surface area contributed by atoms with Crippen molar-refractivity contribution >= 4 is 27.7 Å². The Balaban J connectivity index is 1.69. The summed E-state index contributed by atoms with van der Waals surface area (Å²) in [5.41, 5.74) is 2.56. The molecule has 2 aromatic carbocycles. The first-order valence-electron chi connectivity index (χ1n) is 9.55. The number of hydrogen-bond acceptors (Lipinski definition) is 4. The molecule has 0 radical (unpaired) electrons. The van der Waals surface area contributed by atoms with Crippen molar-refractivity contribution in [3.8, 4) is 5.75 Å². The molecule has 3 rings (SSSR count). The van der Waals surface area contributed by atoms with Gasteiger partial charge in [-0.25, -0.2) is 0 Å². The number of ether oxygens (including phenoxy) is 1. The van der Waals surface area contributed by atoms with E-state index in [9.17, 15) is 0 Å². The fourth-order valence-electron chi connectivity index (χ4n) is 2.97. The van der Waals surface area contributed by atoms with E-state index in [1.54, 1.807) is 11.8 Å². The van der Waals surface area contributed by atoms with Gasteiger partial charge in [0.05, 0.1) is 0 Å². The Morgan fingerprint density at radius 1 is 1.07 bits per heavy atom. The van der Waals surface area contributed by atoms with Crippen molar-refractivity contribution in [2.45, 2.75) is 57.2 Å². The zero-order valence-corrected chi connectivity index (χ0v) is 19.1. The van der Waals surface area contributed by atoms with Crippen LogP contribution in [0.2, 0.25) is 0 Å². The lowest BCUT2D eigenvalue weighted by atomic mass is 10.0. The van der Waals surface area contributed by atoms with Crippen LogP contribution in [0.15, 0.2) is 58.2 Å². The van der Waals surface area contributed by atoms with Gasteiger partial charge in [0.1, 0.15) is 5.75 Å². The van der Waals surface area contributed by atoms with Crippen LogP contribution >= 0.6 is 27.7 Å². The Kier molecular flexibility index (Phi) is 7.18. The summed E-state index contributed by atoms with van der Waals surface area (Å²) in [5.74, 6) is 3.07. The van der Waals surface area contributed by atoms with Crippen LogP contribution in [0.5, 0.6) is 5.75 Å². The van der Waals surface area contributed by atoms with Crippen molar-refractivity contribution in [3.63, 3.8) is 0 Å². The number of rotatable bonds is 8. The highest BCUT2D eigenvalue weighted by atomic mass is 79.9. The summed E-state index contributed by atoms with van der Waals surface area (Å²) in [5, 5.41) is 9.74. The Morgan fingerprint density at radius 3 is 2.46 bits per heavy atom. The second-order valence-electron chi connectivity index (χ2n) is 6.99. The molecule has 0 aliphatic heterocycles. The van der Waals surface area contributed by atoms with E-state index >= 15 is 0 Å². The second kappa shape index (κ2) is 9.61. The van der Waals surface area contributed by atoms with E-state index in [2.05, 4.69) is 81.8 Å². The van der Waals surface area contributed by atoms with E-state index in [4.69, 9.17) is 4.74 Å². The third kappa shape index (κ3) is 5.17. The van der Waals surface area contributed by atoms with E-state index in [1.165, 1.54) is 11.1 Å². The highest BCUT2D eigenvalue weighted by molar-refractivity contribution is 9.10. The number of halogens is 1. The molecule has 148 valence electrons. The van der Waals surface area contributed by atoms with Crippen molar-refractivity contribution < 1.29 is 4.74 Å². The largest absolute Gasteiger partial charge is 0.483 e. The van der Waals surface area contributed by atoms with Crippen LogP contribution in [0.1, 0.15) is 56.7 Å². The highest BCUT2D eigenvalue weighted by Crippen LogP contribution is 2.28. The van der Waals surface area contributed by atoms with Crippen LogP contribution in [0.4, 0.5) is 0 Å². The fraction of sp³-hybridized carbons (Fsp3) is 0.364. The molecule has 3 aromatic rings. The van der Waals surface area contributed by atoms with Gasteiger partial charge >= 0.3 is 0 Å². The molecule has 1 unspecified atom stereocenters. The van der Waals surface area contributed by atoms with Gasteiger partial charge in [-0.05, 0) is 55.2 Å². The maximum absolute atomic E-state index is 6.13. The van der Waals surface area contributed by atoms with Gasteiger partial charge in [0.2, 0.25) is 0 Å². The van der Waals surface area contributed by atoms with Gasteiger partial charge in [0.15, 0.2) is 17.1 Å². The zero-order valence-electron chi connectivity index (χ0n) is 16.7. The highest BCUT2D eigenvalue weighted by Gasteiger charge is 2.19. The predicted molar refractivity (Wildman–Crippen MR) is 119 cm³/mol. The summed E-state index contributed by atoms with van der Waals surface area (Å²) < 4.78 is 9.36. The average molecular weight is 460 g/mol. The molecule has 0 saturated heterocycles. The zero-order chi connectivity index (χ0) is 20.1. The van der Waals surface area contributed by atoms with Crippen LogP contribution in [-0.4, -0.2) is 14.8 Å². The summed E-state index contributed by atoms with van der Waals surface area (Å²) in [6.45, 7) is 9.32. The standard InChI is InChI=1S/C22H26BrN3OS/c1-5-26-21(16(4)27-20-11-9-18(10-12-20)15(2)3)24-25-22(26)28-14-17-7-6-8-19(23)13-17/h6-13,15-16H,5,14H2,1-4H3. The molecule has 0 fully saturated rings. The number of aromatic nitrogens is 3. The molecule has 0 spiro atoms. The molecular formula is C22H26BrN3OS. The van der Waals surface area contributed by atoms with Crippen molar-refractivity contribution in [2.75, 3.05) is 0 Å². The van der Waals surface area contributed by atoms with Gasteiger partial charge < -0.3 is 9.30 Å². The van der Waals surface area contributed by atoms with Gasteiger partial charge in [0, 0.05) is 16.8 Å². The monoisotopic (exact) mass is 459 g/mol. The fourth-order valence-corrected chi connectivity index (χ4v) is 4.37. The molecule has 4 nitrogen and oxygen atoms in total. The van der Waals surface area contributed by atoms with Crippen LogP contribution in [0.25, 0.3) is 0 Å². The lowest BCUT2D eigenvalue weighted by molar-refractivity contribution is 0.210. The van der Waals surface area contributed by atoms with Crippen LogP contribution < -0.4 is 4.74 Å². The molecule has 0 saturated carbocycles. The lowest BCUT2D eigenvalue weighted by Crippen LogP contribution is -2.12. The summed E-state index contributed by atoms with van der Waals surface area (Å²) in [6, 6.07) is 16.6. The predicted octanol–water partition coefficient (Wildman–Crippen LogP) is 6.62. The van der Waals surface area contributed by atoms with Crippen LogP contribution in [-0.2, 0) is 12.3 Å². The molecule has 0 aliphatic rings. The number of hydrogen-bond donors (Lipinski definition) is 0. The maximum atomic E-state index is 6.13. The third-order valence-corrected chi connectivity index (χ3v) is 6.07. The third-order valence-electron chi connectivity index (χ3n) is 4.54. The molecule has 1 atom stereocenters. The number of benzene rings is 2. The van der Waals surface area contributed by atoms with Gasteiger partial charge in [-0.2, -0.15) is 0 Å². The Morgan fingerprint density at radius 2 is 1.82 bits per heavy atom. The minimum atomic E-state index is -0.169. The summed E-state index contributed by atoms with van der Waals surface area (Å²) >= 11 is 5.22. The lowest BCUT2D eigenvalue weighted by Gasteiger charge is -2.16. The Bertz CT molecular complexity index is 908. The second-order valence-corrected chi connectivity index (χ2v) is 8.85. The van der Waals surface area contributed by atoms with E-state index in [-0.39, 0.29) is 6.10 Å². The van der Waals surface area contributed by atoms with Gasteiger partial charge in [-0.1, -0.05) is 65.8 Å². The minimum absolute atomic E-state index is 0.169. The Hall–Kier alpha value is -1.79. The molecule has 1 aromatic heterocycles. The molecule has 0 N–H and O–H groups in total. The summed E-state index contributed by atoms with van der Waals surface area (Å²) in [6.07, 6.45) is -0.169. The molecule has 1 heterocycles. The van der Waals surface area contributed by atoms with Crippen molar-refractivity contribution in [2.24, 2.45) is 0 Å². The number of nitrogens with zero attached hydrogens (tertiary/aromatic N) is 3. The van der Waals surface area contributed by atoms with Crippen LogP contribution in [0.3, 0.4) is 0 Å². The molecule has 0 amide bonds. The molecule has 0 aliphatic carbocycles. The Labute approximate surface area is 179 Å². The quantitative estimate of drug-likeness (QED) is 0.355. The topological polar surface area (TPSA) is 39.9 Å². The first kappa shape index (κ1) is 20.9. The van der Waals surface area contributed by atoms with Crippen molar-refractivity contribution in [3.05, 3.63) is 70.0 Å². The smallest absolute Gasteiger partial charge is 0.191 e. The average Bonchev–Trinajstić information content (AvgIpc) is 3.10. The first-order valence-corrected chi connectivity index (χ1v) is 11.3. The summed E-state index contributed by atoms with van der Waals surface area (Å²) in [4.78, 5) is 0.